The molecule has 0 saturated carbocycles. The number of hydrogen-bond donors (Lipinski definition) is 0. The molecule has 1 aromatic heterocycles. The summed E-state index contributed by atoms with van der Waals surface area (Å²) in [5.74, 6) is -0.374. The first kappa shape index (κ1) is 12.6. The molecule has 0 bridgehead atoms. The molecule has 0 atom stereocenters. The molecule has 2 aromatic rings. The average Bonchev–Trinajstić information content (AvgIpc) is 2.67. The molecule has 0 fully saturated rings. The number of carbonyl (C=O) groups excluding carboxylic acids is 1. The van der Waals surface area contributed by atoms with E-state index in [2.05, 4.69) is 5.10 Å². The van der Waals surface area contributed by atoms with Crippen LogP contribution in [-0.4, -0.2) is 15.7 Å². The number of rotatable bonds is 3. The van der Waals surface area contributed by atoms with Gasteiger partial charge in [0.15, 0.2) is 0 Å². The van der Waals surface area contributed by atoms with Crippen molar-refractivity contribution in [3.8, 4) is 0 Å². The number of nitrogens with zero attached hydrogens (tertiary/aromatic N) is 2. The predicted molar refractivity (Wildman–Crippen MR) is 68.5 cm³/mol. The van der Waals surface area contributed by atoms with E-state index in [0.29, 0.717) is 10.6 Å². The number of hydrogen-bond acceptors (Lipinski definition) is 3. The Labute approximate surface area is 110 Å². The van der Waals surface area contributed by atoms with Gasteiger partial charge in [0.1, 0.15) is 12.2 Å². The summed E-state index contributed by atoms with van der Waals surface area (Å²) >= 11 is 5.85. The summed E-state index contributed by atoms with van der Waals surface area (Å²) in [5.41, 5.74) is 2.13. The molecule has 0 saturated heterocycles. The second-order valence-electron chi connectivity index (χ2n) is 3.97. The largest absolute Gasteiger partial charge is 0.457 e. The number of benzene rings is 1. The number of aromatic nitrogens is 2. The quantitative estimate of drug-likeness (QED) is 0.801. The van der Waals surface area contributed by atoms with Gasteiger partial charge in [0, 0.05) is 17.8 Å². The fourth-order valence-electron chi connectivity index (χ4n) is 1.55. The average molecular weight is 265 g/mol. The van der Waals surface area contributed by atoms with Crippen LogP contribution in [0.25, 0.3) is 0 Å². The topological polar surface area (TPSA) is 44.1 Å². The summed E-state index contributed by atoms with van der Waals surface area (Å²) in [6.45, 7) is 2.02. The molecule has 1 aromatic carbocycles. The van der Waals surface area contributed by atoms with E-state index in [1.807, 2.05) is 19.1 Å². The van der Waals surface area contributed by atoms with Crippen molar-refractivity contribution < 1.29 is 9.53 Å². The van der Waals surface area contributed by atoms with E-state index in [-0.39, 0.29) is 12.6 Å². The van der Waals surface area contributed by atoms with E-state index in [1.165, 1.54) is 6.20 Å². The third kappa shape index (κ3) is 2.71. The highest BCUT2D eigenvalue weighted by Gasteiger charge is 2.14. The number of esters is 1. The van der Waals surface area contributed by atoms with Gasteiger partial charge in [0.05, 0.1) is 6.20 Å². The zero-order chi connectivity index (χ0) is 13.1. The smallest absolute Gasteiger partial charge is 0.341 e. The first-order valence-electron chi connectivity index (χ1n) is 5.48. The zero-order valence-corrected chi connectivity index (χ0v) is 10.9. The minimum Gasteiger partial charge on any atom is -0.457 e. The molecule has 4 nitrogen and oxygen atoms in total. The van der Waals surface area contributed by atoms with Crippen molar-refractivity contribution in [3.63, 3.8) is 0 Å². The Balaban J connectivity index is 2.03. The normalized spacial score (nSPS) is 10.4. The molecule has 0 amide bonds. The molecule has 18 heavy (non-hydrogen) atoms. The van der Waals surface area contributed by atoms with Crippen LogP contribution in [0.3, 0.4) is 0 Å². The lowest BCUT2D eigenvalue weighted by molar-refractivity contribution is 0.0471. The van der Waals surface area contributed by atoms with Gasteiger partial charge < -0.3 is 4.74 Å². The van der Waals surface area contributed by atoms with Crippen LogP contribution in [0.2, 0.25) is 5.02 Å². The number of carbonyl (C=O) groups is 1. The Morgan fingerprint density at radius 3 is 2.89 bits per heavy atom. The van der Waals surface area contributed by atoms with Crippen molar-refractivity contribution in [2.75, 3.05) is 0 Å². The molecule has 0 unspecified atom stereocenters. The van der Waals surface area contributed by atoms with Gasteiger partial charge in [-0.05, 0) is 24.6 Å². The van der Waals surface area contributed by atoms with E-state index >= 15 is 0 Å². The third-order valence-electron chi connectivity index (χ3n) is 2.71. The Bertz CT molecular complexity index is 578. The number of ether oxygens (including phenoxy) is 1. The summed E-state index contributed by atoms with van der Waals surface area (Å²) in [7, 11) is 1.78. The monoisotopic (exact) mass is 264 g/mol. The van der Waals surface area contributed by atoms with Crippen LogP contribution in [0.4, 0.5) is 0 Å². The lowest BCUT2D eigenvalue weighted by Crippen LogP contribution is -2.06. The van der Waals surface area contributed by atoms with Gasteiger partial charge in [-0.2, -0.15) is 5.10 Å². The zero-order valence-electron chi connectivity index (χ0n) is 10.2. The van der Waals surface area contributed by atoms with Gasteiger partial charge in [-0.1, -0.05) is 23.7 Å². The molecular formula is C13H13ClN2O2. The molecule has 2 rings (SSSR count). The third-order valence-corrected chi connectivity index (χ3v) is 2.95. The lowest BCUT2D eigenvalue weighted by Gasteiger charge is -2.05. The van der Waals surface area contributed by atoms with E-state index in [9.17, 15) is 4.79 Å². The fraction of sp³-hybridized carbons (Fsp3) is 0.231. The molecular weight excluding hydrogens is 252 g/mol. The van der Waals surface area contributed by atoms with E-state index < -0.39 is 0 Å². The van der Waals surface area contributed by atoms with Crippen molar-refractivity contribution >= 4 is 17.6 Å². The second-order valence-corrected chi connectivity index (χ2v) is 4.41. The number of aryl methyl sites for hydroxylation is 1. The summed E-state index contributed by atoms with van der Waals surface area (Å²) in [4.78, 5) is 11.8. The van der Waals surface area contributed by atoms with Gasteiger partial charge in [-0.25, -0.2) is 4.79 Å². The van der Waals surface area contributed by atoms with Crippen LogP contribution < -0.4 is 0 Å². The molecule has 0 aliphatic heterocycles. The second kappa shape index (κ2) is 5.23. The van der Waals surface area contributed by atoms with Crippen molar-refractivity contribution in [3.05, 3.63) is 52.3 Å². The molecule has 0 radical (unpaired) electrons. The van der Waals surface area contributed by atoms with Crippen LogP contribution in [0, 0.1) is 6.92 Å². The van der Waals surface area contributed by atoms with Crippen LogP contribution in [0.15, 0.2) is 30.5 Å². The van der Waals surface area contributed by atoms with Crippen LogP contribution in [0.1, 0.15) is 21.6 Å². The minimum absolute atomic E-state index is 0.202. The molecule has 5 heteroatoms. The fourth-order valence-corrected chi connectivity index (χ4v) is 1.77. The summed E-state index contributed by atoms with van der Waals surface area (Å²) in [6.07, 6.45) is 1.51. The van der Waals surface area contributed by atoms with Crippen LogP contribution >= 0.6 is 11.6 Å². The first-order chi connectivity index (χ1) is 8.58. The lowest BCUT2D eigenvalue weighted by atomic mass is 10.2. The highest BCUT2D eigenvalue weighted by Crippen LogP contribution is 2.13. The van der Waals surface area contributed by atoms with Gasteiger partial charge in [0.2, 0.25) is 0 Å². The van der Waals surface area contributed by atoms with Gasteiger partial charge >= 0.3 is 5.97 Å². The summed E-state index contributed by atoms with van der Waals surface area (Å²) in [6, 6.07) is 7.22. The summed E-state index contributed by atoms with van der Waals surface area (Å²) in [5, 5.41) is 4.63. The van der Waals surface area contributed by atoms with E-state index in [0.717, 1.165) is 11.3 Å². The Hall–Kier alpha value is -1.81. The summed E-state index contributed by atoms with van der Waals surface area (Å²) < 4.78 is 6.85. The Kier molecular flexibility index (Phi) is 3.67. The highest BCUT2D eigenvalue weighted by molar-refractivity contribution is 6.30. The minimum atomic E-state index is -0.374. The van der Waals surface area contributed by atoms with Gasteiger partial charge in [0.25, 0.3) is 0 Å². The molecule has 1 heterocycles. The maximum absolute atomic E-state index is 11.8. The van der Waals surface area contributed by atoms with Crippen molar-refractivity contribution in [1.29, 1.82) is 0 Å². The predicted octanol–water partition coefficient (Wildman–Crippen LogP) is 2.74. The van der Waals surface area contributed by atoms with Gasteiger partial charge in [-0.3, -0.25) is 4.68 Å². The SMILES string of the molecule is Cc1c(C(=O)OCc2cccc(Cl)c2)cnn1C. The van der Waals surface area contributed by atoms with Crippen LogP contribution in [0.5, 0.6) is 0 Å². The maximum atomic E-state index is 11.8. The Morgan fingerprint density at radius 2 is 2.28 bits per heavy atom. The van der Waals surface area contributed by atoms with Crippen molar-refractivity contribution in [1.82, 2.24) is 9.78 Å². The molecule has 0 aliphatic carbocycles. The standard InChI is InChI=1S/C13H13ClN2O2/c1-9-12(7-15-16(9)2)13(17)18-8-10-4-3-5-11(14)6-10/h3-7H,8H2,1-2H3. The first-order valence-corrected chi connectivity index (χ1v) is 5.86. The van der Waals surface area contributed by atoms with Gasteiger partial charge in [-0.15, -0.1) is 0 Å². The van der Waals surface area contributed by atoms with E-state index in [1.54, 1.807) is 23.9 Å². The van der Waals surface area contributed by atoms with Crippen molar-refractivity contribution in [2.24, 2.45) is 7.05 Å². The van der Waals surface area contributed by atoms with E-state index in [4.69, 9.17) is 16.3 Å². The highest BCUT2D eigenvalue weighted by atomic mass is 35.5. The molecule has 94 valence electrons. The Morgan fingerprint density at radius 1 is 1.50 bits per heavy atom. The number of halogens is 1. The molecule has 0 aliphatic rings. The molecule has 0 N–H and O–H groups in total. The van der Waals surface area contributed by atoms with Crippen LogP contribution in [-0.2, 0) is 18.4 Å². The molecule has 0 spiro atoms. The maximum Gasteiger partial charge on any atom is 0.341 e. The van der Waals surface area contributed by atoms with Crippen molar-refractivity contribution in [2.45, 2.75) is 13.5 Å².